The summed E-state index contributed by atoms with van der Waals surface area (Å²) in [4.78, 5) is 32.9. The van der Waals surface area contributed by atoms with Gasteiger partial charge in [-0.05, 0) is 48.9 Å². The molecule has 38 heavy (non-hydrogen) atoms. The molecule has 1 fully saturated rings. The lowest BCUT2D eigenvalue weighted by Crippen LogP contribution is -2.47. The van der Waals surface area contributed by atoms with Gasteiger partial charge in [-0.25, -0.2) is 0 Å². The summed E-state index contributed by atoms with van der Waals surface area (Å²) in [6, 6.07) is 18.5. The Balaban J connectivity index is 1.34. The fraction of sp³-hybridized carbons (Fsp3) is 0.379. The summed E-state index contributed by atoms with van der Waals surface area (Å²) in [6.07, 6.45) is 0. The van der Waals surface area contributed by atoms with Gasteiger partial charge in [-0.1, -0.05) is 24.3 Å². The van der Waals surface area contributed by atoms with Gasteiger partial charge in [0.15, 0.2) is 11.5 Å². The molecule has 2 aliphatic rings. The van der Waals surface area contributed by atoms with Crippen molar-refractivity contribution in [3.63, 3.8) is 0 Å². The standard InChI is InChI=1S/C29H33N3O6/c1-22-7-9-25(38-22)19-32(18-23-8-10-26-27(17-23)37-21-36-26)28(33)20-31(12-11-30-13-15-35-16-14-30)29(34)24-5-3-2-4-6-24/h2-10,17H,11-16,18-21H2,1H3. The Morgan fingerprint density at radius 2 is 1.68 bits per heavy atom. The van der Waals surface area contributed by atoms with Crippen molar-refractivity contribution in [2.45, 2.75) is 20.0 Å². The van der Waals surface area contributed by atoms with E-state index >= 15 is 0 Å². The number of ether oxygens (including phenoxy) is 3. The molecule has 9 nitrogen and oxygen atoms in total. The molecule has 0 unspecified atom stereocenters. The Morgan fingerprint density at radius 1 is 0.895 bits per heavy atom. The Kier molecular flexibility index (Phi) is 8.25. The number of rotatable bonds is 10. The van der Waals surface area contributed by atoms with E-state index in [-0.39, 0.29) is 31.7 Å². The van der Waals surface area contributed by atoms with E-state index < -0.39 is 0 Å². The summed E-state index contributed by atoms with van der Waals surface area (Å²) < 4.78 is 22.2. The molecule has 0 N–H and O–H groups in total. The second-order valence-corrected chi connectivity index (χ2v) is 9.50. The minimum atomic E-state index is -0.164. The quantitative estimate of drug-likeness (QED) is 0.406. The Hall–Kier alpha value is -3.82. The predicted molar refractivity (Wildman–Crippen MR) is 140 cm³/mol. The number of benzene rings is 2. The SMILES string of the molecule is Cc1ccc(CN(Cc2ccc3c(c2)OCO3)C(=O)CN(CCN2CCOCC2)C(=O)c2ccccc2)o1. The molecule has 0 bridgehead atoms. The van der Waals surface area contributed by atoms with Crippen LogP contribution in [0.5, 0.6) is 11.5 Å². The van der Waals surface area contributed by atoms with Crippen LogP contribution in [0.4, 0.5) is 0 Å². The molecule has 5 rings (SSSR count). The minimum Gasteiger partial charge on any atom is -0.464 e. The zero-order valence-electron chi connectivity index (χ0n) is 21.6. The third kappa shape index (κ3) is 6.54. The van der Waals surface area contributed by atoms with Crippen molar-refractivity contribution in [2.75, 3.05) is 52.7 Å². The highest BCUT2D eigenvalue weighted by Crippen LogP contribution is 2.33. The lowest BCUT2D eigenvalue weighted by Gasteiger charge is -2.31. The largest absolute Gasteiger partial charge is 0.464 e. The Morgan fingerprint density at radius 3 is 2.45 bits per heavy atom. The van der Waals surface area contributed by atoms with E-state index in [4.69, 9.17) is 18.6 Å². The third-order valence-electron chi connectivity index (χ3n) is 6.73. The molecule has 0 aliphatic carbocycles. The zero-order valence-corrected chi connectivity index (χ0v) is 21.6. The van der Waals surface area contributed by atoms with Crippen LogP contribution in [0, 0.1) is 6.92 Å². The number of hydrogen-bond donors (Lipinski definition) is 0. The molecule has 0 spiro atoms. The molecule has 1 aromatic heterocycles. The number of fused-ring (bicyclic) bond motifs is 1. The number of carbonyl (C=O) groups is 2. The zero-order chi connectivity index (χ0) is 26.3. The molecular formula is C29H33N3O6. The highest BCUT2D eigenvalue weighted by atomic mass is 16.7. The molecule has 0 saturated carbocycles. The molecule has 0 atom stereocenters. The van der Waals surface area contributed by atoms with Crippen LogP contribution >= 0.6 is 0 Å². The van der Waals surface area contributed by atoms with Crippen molar-refractivity contribution in [1.29, 1.82) is 0 Å². The number of amides is 2. The van der Waals surface area contributed by atoms with Crippen molar-refractivity contribution >= 4 is 11.8 Å². The van der Waals surface area contributed by atoms with E-state index in [0.717, 1.165) is 24.4 Å². The maximum atomic E-state index is 13.8. The molecule has 9 heteroatoms. The normalized spacial score (nSPS) is 14.9. The first-order valence-corrected chi connectivity index (χ1v) is 12.9. The topological polar surface area (TPSA) is 84.7 Å². The van der Waals surface area contributed by atoms with Gasteiger partial charge in [0.1, 0.15) is 18.1 Å². The van der Waals surface area contributed by atoms with Gasteiger partial charge in [-0.15, -0.1) is 0 Å². The predicted octanol–water partition coefficient (Wildman–Crippen LogP) is 3.32. The smallest absolute Gasteiger partial charge is 0.254 e. The van der Waals surface area contributed by atoms with E-state index in [1.165, 1.54) is 0 Å². The van der Waals surface area contributed by atoms with Crippen LogP contribution < -0.4 is 9.47 Å². The van der Waals surface area contributed by atoms with Crippen molar-refractivity contribution in [2.24, 2.45) is 0 Å². The van der Waals surface area contributed by atoms with E-state index in [1.54, 1.807) is 21.9 Å². The van der Waals surface area contributed by atoms with Gasteiger partial charge in [-0.3, -0.25) is 14.5 Å². The molecule has 2 aliphatic heterocycles. The van der Waals surface area contributed by atoms with Crippen molar-refractivity contribution in [3.8, 4) is 11.5 Å². The van der Waals surface area contributed by atoms with E-state index in [9.17, 15) is 9.59 Å². The van der Waals surface area contributed by atoms with Crippen molar-refractivity contribution < 1.29 is 28.2 Å². The van der Waals surface area contributed by atoms with Gasteiger partial charge in [0.05, 0.1) is 19.8 Å². The van der Waals surface area contributed by atoms with E-state index in [2.05, 4.69) is 4.90 Å². The van der Waals surface area contributed by atoms with Crippen molar-refractivity contribution in [3.05, 3.63) is 83.3 Å². The summed E-state index contributed by atoms with van der Waals surface area (Å²) in [5, 5.41) is 0. The van der Waals surface area contributed by atoms with Crippen LogP contribution in [0.2, 0.25) is 0 Å². The summed E-state index contributed by atoms with van der Waals surface area (Å²) in [5.41, 5.74) is 1.46. The summed E-state index contributed by atoms with van der Waals surface area (Å²) in [5.74, 6) is 2.49. The van der Waals surface area contributed by atoms with Gasteiger partial charge >= 0.3 is 0 Å². The van der Waals surface area contributed by atoms with Gasteiger partial charge in [0.25, 0.3) is 5.91 Å². The monoisotopic (exact) mass is 519 g/mol. The molecule has 0 radical (unpaired) electrons. The molecule has 2 aromatic carbocycles. The third-order valence-corrected chi connectivity index (χ3v) is 6.73. The van der Waals surface area contributed by atoms with Crippen LogP contribution in [0.1, 0.15) is 27.4 Å². The first-order chi connectivity index (χ1) is 18.5. The highest BCUT2D eigenvalue weighted by molar-refractivity contribution is 5.96. The van der Waals surface area contributed by atoms with Crippen molar-refractivity contribution in [1.82, 2.24) is 14.7 Å². The second-order valence-electron chi connectivity index (χ2n) is 9.50. The molecule has 1 saturated heterocycles. The maximum Gasteiger partial charge on any atom is 0.254 e. The first-order valence-electron chi connectivity index (χ1n) is 12.9. The van der Waals surface area contributed by atoms with Crippen LogP contribution in [0.3, 0.4) is 0 Å². The van der Waals surface area contributed by atoms with E-state index in [1.807, 2.05) is 55.5 Å². The van der Waals surface area contributed by atoms with Gasteiger partial charge < -0.3 is 28.4 Å². The Labute approximate surface area is 222 Å². The molecule has 2 amide bonds. The molecular weight excluding hydrogens is 486 g/mol. The summed E-state index contributed by atoms with van der Waals surface area (Å²) >= 11 is 0. The fourth-order valence-electron chi connectivity index (χ4n) is 4.62. The summed E-state index contributed by atoms with van der Waals surface area (Å²) in [6.45, 7) is 6.75. The van der Waals surface area contributed by atoms with Crippen LogP contribution in [-0.2, 0) is 22.6 Å². The average molecular weight is 520 g/mol. The van der Waals surface area contributed by atoms with Gasteiger partial charge in [-0.2, -0.15) is 0 Å². The lowest BCUT2D eigenvalue weighted by molar-refractivity contribution is -0.133. The van der Waals surface area contributed by atoms with Crippen LogP contribution in [0.25, 0.3) is 0 Å². The summed E-state index contributed by atoms with van der Waals surface area (Å²) in [7, 11) is 0. The van der Waals surface area contributed by atoms with Gasteiger partial charge in [0, 0.05) is 38.3 Å². The van der Waals surface area contributed by atoms with E-state index in [0.29, 0.717) is 55.7 Å². The number of hydrogen-bond acceptors (Lipinski definition) is 7. The number of furan rings is 1. The van der Waals surface area contributed by atoms with Crippen LogP contribution in [-0.4, -0.2) is 79.2 Å². The fourth-order valence-corrected chi connectivity index (χ4v) is 4.62. The van der Waals surface area contributed by atoms with Gasteiger partial charge in [0.2, 0.25) is 12.7 Å². The number of morpholine rings is 1. The molecule has 200 valence electrons. The molecule has 3 aromatic rings. The number of carbonyl (C=O) groups excluding carboxylic acids is 2. The maximum absolute atomic E-state index is 13.8. The second kappa shape index (κ2) is 12.1. The minimum absolute atomic E-state index is 0.0394. The molecule has 3 heterocycles. The first kappa shape index (κ1) is 25.8. The number of nitrogens with zero attached hydrogens (tertiary/aromatic N) is 3. The lowest BCUT2D eigenvalue weighted by atomic mass is 10.1. The average Bonchev–Trinajstić information content (AvgIpc) is 3.59. The Bertz CT molecular complexity index is 1240. The van der Waals surface area contributed by atoms with Crippen LogP contribution in [0.15, 0.2) is 65.1 Å². The highest BCUT2D eigenvalue weighted by Gasteiger charge is 2.25. The number of aryl methyl sites for hydroxylation is 1.